The Labute approximate surface area is 115 Å². The number of ether oxygens (including phenoxy) is 2. The summed E-state index contributed by atoms with van der Waals surface area (Å²) in [5, 5.41) is 0. The first-order valence-electron chi connectivity index (χ1n) is 6.44. The number of alkyl halides is 2. The zero-order valence-corrected chi connectivity index (χ0v) is 11.4. The summed E-state index contributed by atoms with van der Waals surface area (Å²) in [6, 6.07) is 0. The van der Waals surface area contributed by atoms with Gasteiger partial charge in [-0.3, -0.25) is 0 Å². The molecule has 1 fully saturated rings. The monoisotopic (exact) mass is 286 g/mol. The van der Waals surface area contributed by atoms with E-state index in [9.17, 15) is 13.6 Å². The van der Waals surface area contributed by atoms with E-state index in [1.807, 2.05) is 0 Å². The minimum Gasteiger partial charge on any atom is -0.462 e. The highest BCUT2D eigenvalue weighted by molar-refractivity contribution is 5.90. The number of carbonyl (C=O) groups excluding carboxylic acids is 1. The molecule has 110 valence electrons. The van der Waals surface area contributed by atoms with Crippen LogP contribution < -0.4 is 0 Å². The van der Waals surface area contributed by atoms with Crippen molar-refractivity contribution in [1.82, 2.24) is 9.97 Å². The molecule has 7 heteroatoms. The van der Waals surface area contributed by atoms with Crippen LogP contribution in [0, 0.1) is 0 Å². The molecule has 0 N–H and O–H groups in total. The van der Waals surface area contributed by atoms with Gasteiger partial charge in [0.15, 0.2) is 5.82 Å². The Balaban J connectivity index is 2.39. The highest BCUT2D eigenvalue weighted by Crippen LogP contribution is 2.34. The summed E-state index contributed by atoms with van der Waals surface area (Å²) in [5.74, 6) is -0.662. The summed E-state index contributed by atoms with van der Waals surface area (Å²) >= 11 is 0. The van der Waals surface area contributed by atoms with E-state index >= 15 is 0 Å². The van der Waals surface area contributed by atoms with Gasteiger partial charge in [0.05, 0.1) is 6.61 Å². The molecule has 1 unspecified atom stereocenters. The fraction of sp³-hybridized carbons (Fsp3) is 0.615. The Morgan fingerprint density at radius 3 is 2.90 bits per heavy atom. The van der Waals surface area contributed by atoms with Crippen molar-refractivity contribution >= 4 is 5.97 Å². The largest absolute Gasteiger partial charge is 0.462 e. The standard InChI is InChI=1S/C13H16F2N2O3/c1-3-19-11(18)8-7-16-12(17-9(8)10(14)15)13(2)5-4-6-20-13/h7,10H,3-6H2,1-2H3. The number of esters is 1. The van der Waals surface area contributed by atoms with E-state index in [0.29, 0.717) is 13.0 Å². The van der Waals surface area contributed by atoms with E-state index in [1.165, 1.54) is 0 Å². The molecule has 0 amide bonds. The Hall–Kier alpha value is -1.63. The summed E-state index contributed by atoms with van der Waals surface area (Å²) in [6.07, 6.45) is -0.298. The van der Waals surface area contributed by atoms with Gasteiger partial charge in [0.25, 0.3) is 6.43 Å². The van der Waals surface area contributed by atoms with Gasteiger partial charge in [-0.15, -0.1) is 0 Å². The zero-order chi connectivity index (χ0) is 14.8. The topological polar surface area (TPSA) is 61.3 Å². The predicted octanol–water partition coefficient (Wildman–Crippen LogP) is 2.62. The quantitative estimate of drug-likeness (QED) is 0.796. The van der Waals surface area contributed by atoms with Crippen LogP contribution in [0.15, 0.2) is 6.20 Å². The number of nitrogens with zero attached hydrogens (tertiary/aromatic N) is 2. The molecule has 0 aliphatic carbocycles. The SMILES string of the molecule is CCOC(=O)c1cnc(C2(C)CCCO2)nc1C(F)F. The third kappa shape index (κ3) is 2.77. The van der Waals surface area contributed by atoms with Crippen LogP contribution in [0.1, 0.15) is 55.0 Å². The summed E-state index contributed by atoms with van der Waals surface area (Å²) in [6.45, 7) is 4.00. The minimum atomic E-state index is -2.87. The molecular weight excluding hydrogens is 270 g/mol. The van der Waals surface area contributed by atoms with E-state index in [1.54, 1.807) is 13.8 Å². The summed E-state index contributed by atoms with van der Waals surface area (Å²) < 4.78 is 36.4. The van der Waals surface area contributed by atoms with Crippen molar-refractivity contribution in [2.45, 2.75) is 38.7 Å². The van der Waals surface area contributed by atoms with Gasteiger partial charge in [0.2, 0.25) is 0 Å². The maximum absolute atomic E-state index is 13.1. The maximum atomic E-state index is 13.1. The number of hydrogen-bond donors (Lipinski definition) is 0. The van der Waals surface area contributed by atoms with E-state index in [4.69, 9.17) is 9.47 Å². The van der Waals surface area contributed by atoms with Crippen LogP contribution in [-0.4, -0.2) is 29.2 Å². The summed E-state index contributed by atoms with van der Waals surface area (Å²) in [7, 11) is 0. The van der Waals surface area contributed by atoms with E-state index in [2.05, 4.69) is 9.97 Å². The smallest absolute Gasteiger partial charge is 0.341 e. The Morgan fingerprint density at radius 2 is 2.35 bits per heavy atom. The molecule has 1 aromatic heterocycles. The lowest BCUT2D eigenvalue weighted by atomic mass is 10.0. The normalized spacial score (nSPS) is 22.2. The molecule has 1 saturated heterocycles. The summed E-state index contributed by atoms with van der Waals surface area (Å²) in [5.41, 5.74) is -1.67. The molecule has 0 aromatic carbocycles. The fourth-order valence-electron chi connectivity index (χ4n) is 2.14. The molecule has 1 aliphatic heterocycles. The van der Waals surface area contributed by atoms with E-state index in [-0.39, 0.29) is 18.0 Å². The highest BCUT2D eigenvalue weighted by atomic mass is 19.3. The van der Waals surface area contributed by atoms with Crippen molar-refractivity contribution in [2.75, 3.05) is 13.2 Å². The molecular formula is C13H16F2N2O3. The van der Waals surface area contributed by atoms with Crippen molar-refractivity contribution in [1.29, 1.82) is 0 Å². The number of carbonyl (C=O) groups is 1. The third-order valence-electron chi connectivity index (χ3n) is 3.21. The zero-order valence-electron chi connectivity index (χ0n) is 11.4. The van der Waals surface area contributed by atoms with Crippen LogP contribution in [0.4, 0.5) is 8.78 Å². The minimum absolute atomic E-state index is 0.101. The highest BCUT2D eigenvalue weighted by Gasteiger charge is 2.36. The van der Waals surface area contributed by atoms with Gasteiger partial charge in [0.1, 0.15) is 16.9 Å². The fourth-order valence-corrected chi connectivity index (χ4v) is 2.14. The molecule has 0 spiro atoms. The van der Waals surface area contributed by atoms with Crippen LogP contribution in [0.25, 0.3) is 0 Å². The molecule has 0 saturated carbocycles. The average molecular weight is 286 g/mol. The molecule has 1 atom stereocenters. The number of halogens is 2. The molecule has 20 heavy (non-hydrogen) atoms. The van der Waals surface area contributed by atoms with E-state index < -0.39 is 23.7 Å². The second-order valence-electron chi connectivity index (χ2n) is 4.70. The summed E-state index contributed by atoms with van der Waals surface area (Å²) in [4.78, 5) is 19.5. The Kier molecular flexibility index (Phi) is 4.27. The van der Waals surface area contributed by atoms with Crippen LogP contribution in [-0.2, 0) is 15.1 Å². The van der Waals surface area contributed by atoms with Gasteiger partial charge in [-0.25, -0.2) is 23.5 Å². The molecule has 0 radical (unpaired) electrons. The number of aromatic nitrogens is 2. The van der Waals surface area contributed by atoms with Gasteiger partial charge in [-0.1, -0.05) is 0 Å². The first kappa shape index (κ1) is 14.8. The van der Waals surface area contributed by atoms with Crippen molar-refractivity contribution in [3.8, 4) is 0 Å². The molecule has 2 heterocycles. The molecule has 0 bridgehead atoms. The van der Waals surface area contributed by atoms with Crippen LogP contribution in [0.2, 0.25) is 0 Å². The molecule has 2 rings (SSSR count). The first-order chi connectivity index (χ1) is 9.48. The number of rotatable bonds is 4. The second-order valence-corrected chi connectivity index (χ2v) is 4.70. The van der Waals surface area contributed by atoms with Crippen molar-refractivity contribution in [3.63, 3.8) is 0 Å². The van der Waals surface area contributed by atoms with Crippen LogP contribution in [0.3, 0.4) is 0 Å². The maximum Gasteiger partial charge on any atom is 0.341 e. The first-order valence-corrected chi connectivity index (χ1v) is 6.44. The molecule has 1 aliphatic rings. The second kappa shape index (κ2) is 5.78. The number of hydrogen-bond acceptors (Lipinski definition) is 5. The van der Waals surface area contributed by atoms with Crippen LogP contribution in [0.5, 0.6) is 0 Å². The van der Waals surface area contributed by atoms with Gasteiger partial charge in [-0.05, 0) is 26.7 Å². The lowest BCUT2D eigenvalue weighted by molar-refractivity contribution is 0.00824. The Morgan fingerprint density at radius 1 is 1.60 bits per heavy atom. The van der Waals surface area contributed by atoms with Crippen molar-refractivity contribution in [3.05, 3.63) is 23.3 Å². The predicted molar refractivity (Wildman–Crippen MR) is 65.5 cm³/mol. The van der Waals surface area contributed by atoms with Gasteiger partial charge < -0.3 is 9.47 Å². The van der Waals surface area contributed by atoms with Gasteiger partial charge in [-0.2, -0.15) is 0 Å². The van der Waals surface area contributed by atoms with Crippen LogP contribution >= 0.6 is 0 Å². The van der Waals surface area contributed by atoms with Crippen molar-refractivity contribution in [2.24, 2.45) is 0 Å². The average Bonchev–Trinajstić information content (AvgIpc) is 2.86. The lowest BCUT2D eigenvalue weighted by Crippen LogP contribution is -2.25. The van der Waals surface area contributed by atoms with Gasteiger partial charge >= 0.3 is 5.97 Å². The third-order valence-corrected chi connectivity index (χ3v) is 3.21. The molecule has 1 aromatic rings. The molecule has 5 nitrogen and oxygen atoms in total. The Bertz CT molecular complexity index is 502. The van der Waals surface area contributed by atoms with Crippen molar-refractivity contribution < 1.29 is 23.0 Å². The van der Waals surface area contributed by atoms with Gasteiger partial charge in [0, 0.05) is 12.8 Å². The lowest BCUT2D eigenvalue weighted by Gasteiger charge is -2.22. The van der Waals surface area contributed by atoms with E-state index in [0.717, 1.165) is 12.6 Å².